The highest BCUT2D eigenvalue weighted by molar-refractivity contribution is 9.11. The van der Waals surface area contributed by atoms with Crippen molar-refractivity contribution in [2.75, 3.05) is 5.75 Å². The van der Waals surface area contributed by atoms with Crippen LogP contribution in [0, 0.1) is 0 Å². The summed E-state index contributed by atoms with van der Waals surface area (Å²) in [4.78, 5) is 10.9. The first-order chi connectivity index (χ1) is 6.89. The van der Waals surface area contributed by atoms with Gasteiger partial charge < -0.3 is 5.11 Å². The Morgan fingerprint density at radius 1 is 1.47 bits per heavy atom. The van der Waals surface area contributed by atoms with Crippen LogP contribution in [0.1, 0.15) is 11.3 Å². The molecule has 0 aliphatic heterocycles. The number of halogens is 1. The molecule has 4 nitrogen and oxygen atoms in total. The Morgan fingerprint density at radius 2 is 2.13 bits per heavy atom. The maximum atomic E-state index is 11.4. The van der Waals surface area contributed by atoms with Crippen molar-refractivity contribution in [1.29, 1.82) is 0 Å². The molecule has 15 heavy (non-hydrogen) atoms. The highest BCUT2D eigenvalue weighted by Crippen LogP contribution is 2.23. The summed E-state index contributed by atoms with van der Waals surface area (Å²) in [6.07, 6.45) is -0.338. The van der Waals surface area contributed by atoms with Gasteiger partial charge in [-0.3, -0.25) is 4.79 Å². The van der Waals surface area contributed by atoms with E-state index < -0.39 is 15.8 Å². The highest BCUT2D eigenvalue weighted by atomic mass is 79.9. The van der Waals surface area contributed by atoms with E-state index in [-0.39, 0.29) is 17.9 Å². The molecule has 0 unspecified atom stereocenters. The molecule has 0 amide bonds. The van der Waals surface area contributed by atoms with Gasteiger partial charge in [0.05, 0.1) is 21.7 Å². The molecular weight excluding hydrogens is 304 g/mol. The van der Waals surface area contributed by atoms with Gasteiger partial charge in [0.2, 0.25) is 0 Å². The van der Waals surface area contributed by atoms with Crippen LogP contribution in [0.5, 0.6) is 0 Å². The molecule has 1 aromatic heterocycles. The Labute approximate surface area is 100.0 Å². The summed E-state index contributed by atoms with van der Waals surface area (Å²) >= 11 is 4.57. The monoisotopic (exact) mass is 312 g/mol. The fourth-order valence-corrected chi connectivity index (χ4v) is 4.17. The molecule has 0 spiro atoms. The molecule has 0 saturated carbocycles. The number of hydrogen-bond donors (Lipinski definition) is 1. The van der Waals surface area contributed by atoms with E-state index in [2.05, 4.69) is 15.9 Å². The first kappa shape index (κ1) is 12.7. The number of carboxylic acids is 1. The zero-order valence-electron chi connectivity index (χ0n) is 7.64. The predicted octanol–water partition coefficient (Wildman–Crippen LogP) is 1.90. The molecule has 0 atom stereocenters. The lowest BCUT2D eigenvalue weighted by molar-refractivity contribution is -0.136. The van der Waals surface area contributed by atoms with E-state index >= 15 is 0 Å². The minimum absolute atomic E-state index is 0.0868. The molecule has 1 heterocycles. The maximum absolute atomic E-state index is 11.4. The average Bonchev–Trinajstić information content (AvgIpc) is 2.47. The van der Waals surface area contributed by atoms with Gasteiger partial charge in [0.25, 0.3) is 0 Å². The maximum Gasteiger partial charge on any atom is 0.304 e. The van der Waals surface area contributed by atoms with Crippen molar-refractivity contribution >= 4 is 43.1 Å². The molecule has 0 aliphatic rings. The van der Waals surface area contributed by atoms with Gasteiger partial charge in [0, 0.05) is 4.88 Å². The van der Waals surface area contributed by atoms with Crippen LogP contribution in [0.3, 0.4) is 0 Å². The second-order valence-corrected chi connectivity index (χ2v) is 7.67. The predicted molar refractivity (Wildman–Crippen MR) is 61.8 cm³/mol. The molecule has 0 aliphatic carbocycles. The third kappa shape index (κ3) is 4.76. The Morgan fingerprint density at radius 3 is 2.60 bits per heavy atom. The highest BCUT2D eigenvalue weighted by Gasteiger charge is 2.15. The van der Waals surface area contributed by atoms with Gasteiger partial charge in [0.15, 0.2) is 9.84 Å². The van der Waals surface area contributed by atoms with Crippen LogP contribution in [0.2, 0.25) is 0 Å². The third-order valence-electron chi connectivity index (χ3n) is 1.62. The second kappa shape index (κ2) is 5.09. The largest absolute Gasteiger partial charge is 0.481 e. The molecule has 0 aromatic carbocycles. The van der Waals surface area contributed by atoms with Gasteiger partial charge in [-0.15, -0.1) is 11.3 Å². The molecule has 84 valence electrons. The van der Waals surface area contributed by atoms with E-state index in [1.807, 2.05) is 0 Å². The molecule has 0 bridgehead atoms. The number of carbonyl (C=O) groups is 1. The quantitative estimate of drug-likeness (QED) is 0.901. The van der Waals surface area contributed by atoms with Crippen molar-refractivity contribution in [3.63, 3.8) is 0 Å². The van der Waals surface area contributed by atoms with Gasteiger partial charge >= 0.3 is 5.97 Å². The van der Waals surface area contributed by atoms with E-state index in [4.69, 9.17) is 5.11 Å². The topological polar surface area (TPSA) is 71.4 Å². The van der Waals surface area contributed by atoms with E-state index in [1.165, 1.54) is 11.3 Å². The van der Waals surface area contributed by atoms with Gasteiger partial charge in [-0.1, -0.05) is 0 Å². The van der Waals surface area contributed by atoms with Gasteiger partial charge in [-0.25, -0.2) is 8.42 Å². The number of hydrogen-bond acceptors (Lipinski definition) is 4. The summed E-state index contributed by atoms with van der Waals surface area (Å²) < 4.78 is 23.7. The summed E-state index contributed by atoms with van der Waals surface area (Å²) in [7, 11) is -3.31. The lowest BCUT2D eigenvalue weighted by Crippen LogP contribution is -2.12. The van der Waals surface area contributed by atoms with Crippen LogP contribution < -0.4 is 0 Å². The van der Waals surface area contributed by atoms with Crippen LogP contribution in [-0.2, 0) is 20.4 Å². The summed E-state index contributed by atoms with van der Waals surface area (Å²) in [5.74, 6) is -1.49. The summed E-state index contributed by atoms with van der Waals surface area (Å²) in [6, 6.07) is 3.49. The average molecular weight is 313 g/mol. The fourth-order valence-electron chi connectivity index (χ4n) is 0.961. The smallest absolute Gasteiger partial charge is 0.304 e. The first-order valence-corrected chi connectivity index (χ1v) is 7.48. The van der Waals surface area contributed by atoms with E-state index in [0.717, 1.165) is 3.79 Å². The van der Waals surface area contributed by atoms with Crippen molar-refractivity contribution in [2.45, 2.75) is 12.2 Å². The normalized spacial score (nSPS) is 11.5. The molecule has 1 N–H and O–H groups in total. The summed E-state index contributed by atoms with van der Waals surface area (Å²) in [6.45, 7) is 0. The lowest BCUT2D eigenvalue weighted by Gasteiger charge is -1.99. The molecular formula is C8H9BrO4S2. The zero-order valence-corrected chi connectivity index (χ0v) is 10.9. The van der Waals surface area contributed by atoms with Crippen LogP contribution in [-0.4, -0.2) is 25.2 Å². The van der Waals surface area contributed by atoms with Crippen molar-refractivity contribution in [3.05, 3.63) is 20.8 Å². The van der Waals surface area contributed by atoms with Crippen LogP contribution >= 0.6 is 27.3 Å². The van der Waals surface area contributed by atoms with E-state index in [1.54, 1.807) is 12.1 Å². The Bertz CT molecular complexity index is 449. The third-order valence-corrected chi connectivity index (χ3v) is 5.00. The molecule has 0 saturated heterocycles. The van der Waals surface area contributed by atoms with Crippen molar-refractivity contribution in [1.82, 2.24) is 0 Å². The van der Waals surface area contributed by atoms with Gasteiger partial charge in [-0.2, -0.15) is 0 Å². The van der Waals surface area contributed by atoms with E-state index in [0.29, 0.717) is 4.88 Å². The Balaban J connectivity index is 2.60. The summed E-state index contributed by atoms with van der Waals surface area (Å²) in [5, 5.41) is 8.38. The van der Waals surface area contributed by atoms with Gasteiger partial charge in [-0.05, 0) is 28.1 Å². The molecule has 1 aromatic rings. The molecule has 0 radical (unpaired) electrons. The molecule has 1 rings (SSSR count). The Kier molecular flexibility index (Phi) is 4.30. The number of carboxylic acid groups (broad SMARTS) is 1. The van der Waals surface area contributed by atoms with Crippen molar-refractivity contribution in [2.24, 2.45) is 0 Å². The molecule has 7 heteroatoms. The number of rotatable bonds is 5. The van der Waals surface area contributed by atoms with Gasteiger partial charge in [0.1, 0.15) is 0 Å². The minimum atomic E-state index is -3.31. The minimum Gasteiger partial charge on any atom is -0.481 e. The second-order valence-electron chi connectivity index (χ2n) is 2.94. The zero-order chi connectivity index (χ0) is 11.5. The van der Waals surface area contributed by atoms with Crippen LogP contribution in [0.15, 0.2) is 15.9 Å². The fraction of sp³-hybridized carbons (Fsp3) is 0.375. The van der Waals surface area contributed by atoms with Crippen LogP contribution in [0.4, 0.5) is 0 Å². The SMILES string of the molecule is O=C(O)CCS(=O)(=O)Cc1ccc(Br)s1. The van der Waals surface area contributed by atoms with Crippen molar-refractivity contribution < 1.29 is 18.3 Å². The summed E-state index contributed by atoms with van der Waals surface area (Å²) in [5.41, 5.74) is 0. The van der Waals surface area contributed by atoms with Crippen LogP contribution in [0.25, 0.3) is 0 Å². The number of sulfone groups is 1. The number of aliphatic carboxylic acids is 1. The first-order valence-electron chi connectivity index (χ1n) is 4.05. The number of thiophene rings is 1. The van der Waals surface area contributed by atoms with Crippen molar-refractivity contribution in [3.8, 4) is 0 Å². The standard InChI is InChI=1S/C8H9BrO4S2/c9-7-2-1-6(14-7)5-15(12,13)4-3-8(10)11/h1-2H,3-5H2,(H,10,11). The molecule has 0 fully saturated rings. The lowest BCUT2D eigenvalue weighted by atomic mass is 10.5. The Hall–Kier alpha value is -0.400. The van der Waals surface area contributed by atoms with E-state index in [9.17, 15) is 13.2 Å².